The summed E-state index contributed by atoms with van der Waals surface area (Å²) in [5.41, 5.74) is 0.803. The van der Waals surface area contributed by atoms with E-state index in [1.54, 1.807) is 23.0 Å². The number of ether oxygens (including phenoxy) is 1. The molecule has 0 atom stereocenters. The average molecular weight is 247 g/mol. The van der Waals surface area contributed by atoms with Crippen molar-refractivity contribution in [1.29, 1.82) is 0 Å². The first-order chi connectivity index (χ1) is 8.70. The first kappa shape index (κ1) is 12.1. The Hall–Kier alpha value is -2.37. The van der Waals surface area contributed by atoms with Gasteiger partial charge in [-0.05, 0) is 19.1 Å². The molecule has 0 aliphatic heterocycles. The van der Waals surface area contributed by atoms with Crippen LogP contribution >= 0.6 is 0 Å². The van der Waals surface area contributed by atoms with Crippen LogP contribution in [0.3, 0.4) is 0 Å². The van der Waals surface area contributed by atoms with Gasteiger partial charge in [0, 0.05) is 24.5 Å². The van der Waals surface area contributed by atoms with Crippen molar-refractivity contribution in [2.45, 2.75) is 20.1 Å². The maximum Gasteiger partial charge on any atom is 0.358 e. The quantitative estimate of drug-likeness (QED) is 0.867. The normalized spacial score (nSPS) is 10.3. The Morgan fingerprint density at radius 2 is 2.39 bits per heavy atom. The lowest BCUT2D eigenvalue weighted by molar-refractivity contribution is 0.0685. The zero-order chi connectivity index (χ0) is 13.0. The summed E-state index contributed by atoms with van der Waals surface area (Å²) in [6, 6.07) is 3.22. The molecule has 0 bridgehead atoms. The zero-order valence-electron chi connectivity index (χ0n) is 9.91. The molecule has 0 amide bonds. The van der Waals surface area contributed by atoms with Crippen LogP contribution in [0.5, 0.6) is 5.75 Å². The Morgan fingerprint density at radius 3 is 3.06 bits per heavy atom. The highest BCUT2D eigenvalue weighted by Gasteiger charge is 2.12. The summed E-state index contributed by atoms with van der Waals surface area (Å²) in [7, 11) is 0. The maximum absolute atomic E-state index is 10.9. The van der Waals surface area contributed by atoms with Gasteiger partial charge in [0.25, 0.3) is 0 Å². The lowest BCUT2D eigenvalue weighted by atomic mass is 10.3. The summed E-state index contributed by atoms with van der Waals surface area (Å²) in [5, 5.41) is 13.1. The Balaban J connectivity index is 2.08. The van der Waals surface area contributed by atoms with Gasteiger partial charge in [-0.3, -0.25) is 4.68 Å². The second kappa shape index (κ2) is 5.31. The molecule has 0 aliphatic rings. The number of nitrogens with zero attached hydrogens (tertiary/aromatic N) is 3. The van der Waals surface area contributed by atoms with E-state index in [-0.39, 0.29) is 18.1 Å². The van der Waals surface area contributed by atoms with E-state index in [9.17, 15) is 4.79 Å². The molecule has 6 nitrogen and oxygen atoms in total. The van der Waals surface area contributed by atoms with E-state index in [4.69, 9.17) is 9.84 Å². The van der Waals surface area contributed by atoms with Gasteiger partial charge in [-0.2, -0.15) is 5.10 Å². The fraction of sp³-hybridized carbons (Fsp3) is 0.250. The minimum atomic E-state index is -1.10. The predicted molar refractivity (Wildman–Crippen MR) is 63.4 cm³/mol. The average Bonchev–Trinajstić information content (AvgIpc) is 2.84. The molecule has 0 unspecified atom stereocenters. The molecule has 0 saturated carbocycles. The Bertz CT molecular complexity index is 551. The molecule has 0 saturated heterocycles. The zero-order valence-corrected chi connectivity index (χ0v) is 9.91. The van der Waals surface area contributed by atoms with Crippen LogP contribution in [0, 0.1) is 0 Å². The van der Waals surface area contributed by atoms with Crippen molar-refractivity contribution in [1.82, 2.24) is 14.8 Å². The summed E-state index contributed by atoms with van der Waals surface area (Å²) in [4.78, 5) is 14.7. The van der Waals surface area contributed by atoms with Crippen molar-refractivity contribution >= 4 is 5.97 Å². The third kappa shape index (κ3) is 2.65. The molecule has 2 rings (SSSR count). The topological polar surface area (TPSA) is 77.2 Å². The number of pyridine rings is 1. The van der Waals surface area contributed by atoms with Gasteiger partial charge >= 0.3 is 5.97 Å². The number of hydrogen-bond donors (Lipinski definition) is 1. The molecular formula is C12H13N3O3. The molecule has 0 spiro atoms. The van der Waals surface area contributed by atoms with Gasteiger partial charge in [-0.1, -0.05) is 0 Å². The SMILES string of the molecule is CCn1cc(COc2cccnc2C(=O)O)cn1. The van der Waals surface area contributed by atoms with E-state index in [0.29, 0.717) is 0 Å². The Morgan fingerprint density at radius 1 is 1.56 bits per heavy atom. The summed E-state index contributed by atoms with van der Waals surface area (Å²) < 4.78 is 7.22. The van der Waals surface area contributed by atoms with Crippen LogP contribution in [0.15, 0.2) is 30.7 Å². The molecule has 2 aromatic rings. The van der Waals surface area contributed by atoms with Crippen LogP contribution in [0.2, 0.25) is 0 Å². The van der Waals surface area contributed by atoms with Crippen LogP contribution in [0.25, 0.3) is 0 Å². The first-order valence-electron chi connectivity index (χ1n) is 5.53. The molecule has 0 fully saturated rings. The summed E-state index contributed by atoms with van der Waals surface area (Å²) >= 11 is 0. The van der Waals surface area contributed by atoms with Crippen molar-refractivity contribution in [2.24, 2.45) is 0 Å². The number of carboxylic acid groups (broad SMARTS) is 1. The Kier molecular flexibility index (Phi) is 3.57. The molecule has 18 heavy (non-hydrogen) atoms. The minimum Gasteiger partial charge on any atom is -0.486 e. The monoisotopic (exact) mass is 247 g/mol. The number of hydrogen-bond acceptors (Lipinski definition) is 4. The van der Waals surface area contributed by atoms with Gasteiger partial charge < -0.3 is 9.84 Å². The van der Waals surface area contributed by atoms with Crippen LogP contribution in [0.4, 0.5) is 0 Å². The maximum atomic E-state index is 10.9. The largest absolute Gasteiger partial charge is 0.486 e. The summed E-state index contributed by atoms with van der Waals surface area (Å²) in [6.45, 7) is 3.04. The van der Waals surface area contributed by atoms with Crippen LogP contribution < -0.4 is 4.74 Å². The lowest BCUT2D eigenvalue weighted by Crippen LogP contribution is -2.05. The van der Waals surface area contributed by atoms with E-state index in [1.165, 1.54) is 6.20 Å². The molecule has 0 radical (unpaired) electrons. The van der Waals surface area contributed by atoms with Crippen molar-refractivity contribution in [3.8, 4) is 5.75 Å². The predicted octanol–water partition coefficient (Wildman–Crippen LogP) is 1.58. The lowest BCUT2D eigenvalue weighted by Gasteiger charge is -2.06. The summed E-state index contributed by atoms with van der Waals surface area (Å²) in [5.74, 6) is -0.843. The molecule has 6 heteroatoms. The van der Waals surface area contributed by atoms with E-state index < -0.39 is 5.97 Å². The number of carbonyl (C=O) groups is 1. The number of rotatable bonds is 5. The molecule has 2 heterocycles. The van der Waals surface area contributed by atoms with E-state index in [2.05, 4.69) is 10.1 Å². The summed E-state index contributed by atoms with van der Waals surface area (Å²) in [6.07, 6.45) is 4.97. The Labute approximate surface area is 104 Å². The van der Waals surface area contributed by atoms with Crippen molar-refractivity contribution in [2.75, 3.05) is 0 Å². The van der Waals surface area contributed by atoms with Crippen molar-refractivity contribution in [3.05, 3.63) is 42.0 Å². The first-order valence-corrected chi connectivity index (χ1v) is 5.53. The molecule has 0 aromatic carbocycles. The number of aromatic nitrogens is 3. The van der Waals surface area contributed by atoms with Gasteiger partial charge in [0.05, 0.1) is 6.20 Å². The smallest absolute Gasteiger partial charge is 0.358 e. The van der Waals surface area contributed by atoms with Gasteiger partial charge in [-0.15, -0.1) is 0 Å². The third-order valence-electron chi connectivity index (χ3n) is 2.38. The highest BCUT2D eigenvalue weighted by atomic mass is 16.5. The van der Waals surface area contributed by atoms with Gasteiger partial charge in [-0.25, -0.2) is 9.78 Å². The second-order valence-corrected chi connectivity index (χ2v) is 3.65. The molecule has 0 aliphatic carbocycles. The minimum absolute atomic E-state index is 0.0830. The van der Waals surface area contributed by atoms with Crippen molar-refractivity contribution in [3.63, 3.8) is 0 Å². The second-order valence-electron chi connectivity index (χ2n) is 3.65. The van der Waals surface area contributed by atoms with Crippen LogP contribution in [-0.2, 0) is 13.2 Å². The van der Waals surface area contributed by atoms with E-state index in [0.717, 1.165) is 12.1 Å². The molecule has 1 N–H and O–H groups in total. The highest BCUT2D eigenvalue weighted by molar-refractivity contribution is 5.88. The number of aromatic carboxylic acids is 1. The van der Waals surface area contributed by atoms with Crippen molar-refractivity contribution < 1.29 is 14.6 Å². The molecular weight excluding hydrogens is 234 g/mol. The molecule has 2 aromatic heterocycles. The van der Waals surface area contributed by atoms with E-state index in [1.807, 2.05) is 13.1 Å². The van der Waals surface area contributed by atoms with Gasteiger partial charge in [0.1, 0.15) is 6.61 Å². The molecule has 94 valence electrons. The van der Waals surface area contributed by atoms with Gasteiger partial charge in [0.2, 0.25) is 0 Å². The third-order valence-corrected chi connectivity index (χ3v) is 2.38. The number of aryl methyl sites for hydroxylation is 1. The van der Waals surface area contributed by atoms with Gasteiger partial charge in [0.15, 0.2) is 11.4 Å². The highest BCUT2D eigenvalue weighted by Crippen LogP contribution is 2.16. The number of carboxylic acids is 1. The standard InChI is InChI=1S/C12H13N3O3/c1-2-15-7-9(6-14-15)8-18-10-4-3-5-13-11(10)12(16)17/h3-7H,2,8H2,1H3,(H,16,17). The fourth-order valence-corrected chi connectivity index (χ4v) is 1.48. The van der Waals surface area contributed by atoms with Crippen LogP contribution in [-0.4, -0.2) is 25.8 Å². The fourth-order valence-electron chi connectivity index (χ4n) is 1.48. The van der Waals surface area contributed by atoms with Crippen LogP contribution in [0.1, 0.15) is 23.0 Å². The van der Waals surface area contributed by atoms with E-state index >= 15 is 0 Å².